The third-order valence-electron chi connectivity index (χ3n) is 4.91. The zero-order valence-corrected chi connectivity index (χ0v) is 18.5. The van der Waals surface area contributed by atoms with Gasteiger partial charge in [-0.1, -0.05) is 36.0 Å². The van der Waals surface area contributed by atoms with Crippen molar-refractivity contribution in [2.24, 2.45) is 0 Å². The third kappa shape index (κ3) is 4.73. The van der Waals surface area contributed by atoms with Crippen LogP contribution in [0, 0.1) is 4.51 Å². The largest absolute Gasteiger partial charge is 0.378 e. The molecule has 0 saturated carbocycles. The monoisotopic (exact) mass is 461 g/mol. The summed E-state index contributed by atoms with van der Waals surface area (Å²) >= 11 is 12.9. The number of thiophene rings is 1. The van der Waals surface area contributed by atoms with Crippen LogP contribution in [0.15, 0.2) is 36.5 Å². The summed E-state index contributed by atoms with van der Waals surface area (Å²) in [6.07, 6.45) is 1.92. The van der Waals surface area contributed by atoms with Gasteiger partial charge in [0.2, 0.25) is 5.91 Å². The highest BCUT2D eigenvalue weighted by Crippen LogP contribution is 2.27. The lowest BCUT2D eigenvalue weighted by molar-refractivity contribution is -0.120. The van der Waals surface area contributed by atoms with E-state index >= 15 is 0 Å². The van der Waals surface area contributed by atoms with Gasteiger partial charge in [-0.3, -0.25) is 9.59 Å². The molecule has 156 valence electrons. The number of carbonyl (C=O) groups excluding carboxylic acids is 2. The molecule has 1 aromatic carbocycles. The molecule has 2 N–H and O–H groups in total. The summed E-state index contributed by atoms with van der Waals surface area (Å²) in [5, 5.41) is 4.36. The molecule has 0 spiro atoms. The molecule has 1 fully saturated rings. The molecule has 0 unspecified atom stereocenters. The first kappa shape index (κ1) is 21.0. The van der Waals surface area contributed by atoms with Gasteiger partial charge in [0, 0.05) is 36.2 Å². The number of rotatable bonds is 5. The summed E-state index contributed by atoms with van der Waals surface area (Å²) in [6.45, 7) is 2.73. The minimum Gasteiger partial charge on any atom is -0.378 e. The van der Waals surface area contributed by atoms with Crippen LogP contribution in [-0.2, 0) is 22.5 Å². The fraction of sp³-hybridized carbons (Fsp3) is 0.286. The van der Waals surface area contributed by atoms with Gasteiger partial charge < -0.3 is 19.9 Å². The minimum absolute atomic E-state index is 0.00967. The standard InChI is InChI=1S/C21H20ClN3O3S2/c22-15-3-1-13(2-4-15)11-23-18(26)9-14-12-24-20-16(19(14)29)10-17(30-20)21(27)25-5-7-28-8-6-25/h1-4,10,12H,5-9,11H2,(H,23,26)(H,24,29). The predicted molar refractivity (Wildman–Crippen MR) is 121 cm³/mol. The Morgan fingerprint density at radius 3 is 2.70 bits per heavy atom. The van der Waals surface area contributed by atoms with E-state index in [1.54, 1.807) is 23.2 Å². The van der Waals surface area contributed by atoms with Gasteiger partial charge >= 0.3 is 0 Å². The number of ether oxygens (including phenoxy) is 1. The van der Waals surface area contributed by atoms with Gasteiger partial charge in [-0.2, -0.15) is 0 Å². The van der Waals surface area contributed by atoms with E-state index in [-0.39, 0.29) is 18.2 Å². The molecular formula is C21H20ClN3O3S2. The van der Waals surface area contributed by atoms with E-state index in [1.807, 2.05) is 18.2 Å². The van der Waals surface area contributed by atoms with Gasteiger partial charge in [0.25, 0.3) is 5.91 Å². The molecule has 2 amide bonds. The first-order valence-corrected chi connectivity index (χ1v) is 11.1. The van der Waals surface area contributed by atoms with Crippen LogP contribution in [-0.4, -0.2) is 48.0 Å². The van der Waals surface area contributed by atoms with Crippen LogP contribution >= 0.6 is 35.2 Å². The number of fused-ring (bicyclic) bond motifs is 1. The number of halogens is 1. The molecule has 6 nitrogen and oxygen atoms in total. The molecule has 30 heavy (non-hydrogen) atoms. The van der Waals surface area contributed by atoms with Gasteiger partial charge in [0.05, 0.1) is 29.0 Å². The number of pyridine rings is 1. The maximum atomic E-state index is 12.7. The Labute approximate surface area is 187 Å². The van der Waals surface area contributed by atoms with Gasteiger partial charge in [-0.25, -0.2) is 0 Å². The van der Waals surface area contributed by atoms with Crippen molar-refractivity contribution in [3.05, 3.63) is 62.1 Å². The number of nitrogens with zero attached hydrogens (tertiary/aromatic N) is 1. The van der Waals surface area contributed by atoms with Crippen molar-refractivity contribution in [2.45, 2.75) is 13.0 Å². The molecule has 1 aliphatic rings. The van der Waals surface area contributed by atoms with Gasteiger partial charge in [0.15, 0.2) is 0 Å². The second-order valence-electron chi connectivity index (χ2n) is 6.98. The Kier molecular flexibility index (Phi) is 6.48. The van der Waals surface area contributed by atoms with Gasteiger partial charge in [-0.15, -0.1) is 11.3 Å². The van der Waals surface area contributed by atoms with E-state index in [0.29, 0.717) is 47.3 Å². The van der Waals surface area contributed by atoms with Crippen LogP contribution in [0.3, 0.4) is 0 Å². The number of hydrogen-bond acceptors (Lipinski definition) is 5. The number of carbonyl (C=O) groups is 2. The number of hydrogen-bond donors (Lipinski definition) is 2. The topological polar surface area (TPSA) is 74.4 Å². The lowest BCUT2D eigenvalue weighted by Gasteiger charge is -2.26. The van der Waals surface area contributed by atoms with Gasteiger partial charge in [-0.05, 0) is 29.3 Å². The lowest BCUT2D eigenvalue weighted by Crippen LogP contribution is -2.40. The Morgan fingerprint density at radius 2 is 1.97 bits per heavy atom. The summed E-state index contributed by atoms with van der Waals surface area (Å²) < 4.78 is 5.91. The van der Waals surface area contributed by atoms with Crippen molar-refractivity contribution < 1.29 is 14.3 Å². The molecule has 1 saturated heterocycles. The number of nitrogens with one attached hydrogen (secondary N) is 2. The number of H-pyrrole nitrogens is 1. The number of aromatic amines is 1. The van der Waals surface area contributed by atoms with E-state index in [4.69, 9.17) is 28.6 Å². The van der Waals surface area contributed by atoms with E-state index in [9.17, 15) is 9.59 Å². The maximum absolute atomic E-state index is 12.7. The Bertz CT molecular complexity index is 1130. The highest BCUT2D eigenvalue weighted by Gasteiger charge is 2.21. The van der Waals surface area contributed by atoms with E-state index in [2.05, 4.69) is 10.3 Å². The van der Waals surface area contributed by atoms with Crippen LogP contribution in [0.25, 0.3) is 10.2 Å². The second-order valence-corrected chi connectivity index (χ2v) is 8.88. The zero-order chi connectivity index (χ0) is 21.1. The van der Waals surface area contributed by atoms with Crippen LogP contribution in [0.5, 0.6) is 0 Å². The molecule has 0 aliphatic carbocycles. The molecule has 1 aliphatic heterocycles. The second kappa shape index (κ2) is 9.26. The number of amides is 2. The van der Waals surface area contributed by atoms with Crippen molar-refractivity contribution in [2.75, 3.05) is 26.3 Å². The van der Waals surface area contributed by atoms with Crippen molar-refractivity contribution in [3.63, 3.8) is 0 Å². The SMILES string of the molecule is O=C(Cc1c[nH]c2sc(C(=O)N3CCOCC3)cc2c1=S)NCc1ccc(Cl)cc1. The van der Waals surface area contributed by atoms with Gasteiger partial charge in [0.1, 0.15) is 4.83 Å². The number of aromatic nitrogens is 1. The van der Waals surface area contributed by atoms with Crippen LogP contribution in [0.1, 0.15) is 20.8 Å². The summed E-state index contributed by atoms with van der Waals surface area (Å²) in [7, 11) is 0. The fourth-order valence-corrected chi connectivity index (χ4v) is 4.74. The van der Waals surface area contributed by atoms with Crippen molar-refractivity contribution in [1.82, 2.24) is 15.2 Å². The molecule has 9 heteroatoms. The van der Waals surface area contributed by atoms with E-state index in [1.165, 1.54) is 11.3 Å². The molecule has 3 heterocycles. The third-order valence-corrected chi connectivity index (χ3v) is 6.70. The first-order valence-electron chi connectivity index (χ1n) is 9.53. The molecule has 3 aromatic rings. The van der Waals surface area contributed by atoms with Crippen molar-refractivity contribution >= 4 is 57.2 Å². The molecular weight excluding hydrogens is 442 g/mol. The predicted octanol–water partition coefficient (Wildman–Crippen LogP) is 3.94. The lowest BCUT2D eigenvalue weighted by atomic mass is 10.1. The highest BCUT2D eigenvalue weighted by atomic mass is 35.5. The Balaban J connectivity index is 1.46. The average molecular weight is 462 g/mol. The quantitative estimate of drug-likeness (QED) is 0.564. The maximum Gasteiger partial charge on any atom is 0.264 e. The van der Waals surface area contributed by atoms with Crippen molar-refractivity contribution in [1.29, 1.82) is 0 Å². The minimum atomic E-state index is -0.122. The number of morpholine rings is 1. The first-order chi connectivity index (χ1) is 14.5. The molecule has 4 rings (SSSR count). The fourth-order valence-electron chi connectivity index (χ4n) is 3.26. The molecule has 0 bridgehead atoms. The Morgan fingerprint density at radius 1 is 1.23 bits per heavy atom. The molecule has 0 atom stereocenters. The summed E-state index contributed by atoms with van der Waals surface area (Å²) in [6, 6.07) is 9.16. The van der Waals surface area contributed by atoms with Crippen LogP contribution < -0.4 is 5.32 Å². The summed E-state index contributed by atoms with van der Waals surface area (Å²) in [5.74, 6) is -0.131. The average Bonchev–Trinajstić information content (AvgIpc) is 3.21. The summed E-state index contributed by atoms with van der Waals surface area (Å²) in [4.78, 5) is 31.6. The summed E-state index contributed by atoms with van der Waals surface area (Å²) in [5.41, 5.74) is 1.70. The van der Waals surface area contributed by atoms with Crippen LogP contribution in [0.4, 0.5) is 0 Å². The van der Waals surface area contributed by atoms with E-state index < -0.39 is 0 Å². The van der Waals surface area contributed by atoms with E-state index in [0.717, 1.165) is 21.3 Å². The zero-order valence-electron chi connectivity index (χ0n) is 16.1. The normalized spacial score (nSPS) is 14.1. The van der Waals surface area contributed by atoms with Crippen molar-refractivity contribution in [3.8, 4) is 0 Å². The highest BCUT2D eigenvalue weighted by molar-refractivity contribution is 7.71. The Hall–Kier alpha value is -2.26. The van der Waals surface area contributed by atoms with Crippen LogP contribution in [0.2, 0.25) is 5.02 Å². The number of benzene rings is 1. The smallest absolute Gasteiger partial charge is 0.264 e. The molecule has 2 aromatic heterocycles. The molecule has 0 radical (unpaired) electrons.